The molecule has 2 aromatic rings. The van der Waals surface area contributed by atoms with Gasteiger partial charge in [0.15, 0.2) is 0 Å². The van der Waals surface area contributed by atoms with Crippen LogP contribution in [0.4, 0.5) is 0 Å². The van der Waals surface area contributed by atoms with Crippen molar-refractivity contribution in [1.29, 1.82) is 0 Å². The molecule has 0 aliphatic heterocycles. The highest BCUT2D eigenvalue weighted by atomic mass is 15.2. The maximum atomic E-state index is 4.20. The minimum Gasteiger partial charge on any atom is -0.350 e. The molecule has 0 saturated heterocycles. The summed E-state index contributed by atoms with van der Waals surface area (Å²) in [6.45, 7) is 7.48. The Bertz CT molecular complexity index is 496. The van der Waals surface area contributed by atoms with Gasteiger partial charge in [-0.15, -0.1) is 0 Å². The Labute approximate surface area is 115 Å². The van der Waals surface area contributed by atoms with Gasteiger partial charge >= 0.3 is 0 Å². The molecule has 0 atom stereocenters. The molecular formula is C15H24N4. The van der Waals surface area contributed by atoms with Crippen molar-refractivity contribution in [2.24, 2.45) is 13.0 Å². The summed E-state index contributed by atoms with van der Waals surface area (Å²) in [7, 11) is 1.96. The number of aromatic nitrogens is 3. The van der Waals surface area contributed by atoms with Crippen LogP contribution in [-0.2, 0) is 26.6 Å². The quantitative estimate of drug-likeness (QED) is 0.828. The third-order valence-corrected chi connectivity index (χ3v) is 3.18. The predicted octanol–water partition coefficient (Wildman–Crippen LogP) is 2.21. The maximum Gasteiger partial charge on any atom is 0.0522 e. The average Bonchev–Trinajstić information content (AvgIpc) is 2.95. The standard InChI is InChI=1S/C15H24N4/c1-13(2)9-16-11-15-5-4-7-19(15)8-6-14-10-17-18(3)12-14/h4-5,7,10,12-13,16H,6,8-9,11H2,1-3H3. The number of nitrogens with one attached hydrogen (secondary N) is 1. The zero-order valence-corrected chi connectivity index (χ0v) is 12.1. The van der Waals surface area contributed by atoms with Crippen LogP contribution >= 0.6 is 0 Å². The van der Waals surface area contributed by atoms with Crippen LogP contribution in [0.25, 0.3) is 0 Å². The van der Waals surface area contributed by atoms with E-state index in [1.807, 2.05) is 17.9 Å². The highest BCUT2D eigenvalue weighted by Crippen LogP contribution is 2.06. The summed E-state index contributed by atoms with van der Waals surface area (Å²) >= 11 is 0. The van der Waals surface area contributed by atoms with E-state index in [9.17, 15) is 0 Å². The lowest BCUT2D eigenvalue weighted by atomic mass is 10.2. The maximum absolute atomic E-state index is 4.20. The molecule has 0 aliphatic carbocycles. The smallest absolute Gasteiger partial charge is 0.0522 e. The molecule has 0 saturated carbocycles. The van der Waals surface area contributed by atoms with E-state index in [-0.39, 0.29) is 0 Å². The van der Waals surface area contributed by atoms with Crippen molar-refractivity contribution in [1.82, 2.24) is 19.7 Å². The Kier molecular flexibility index (Phi) is 4.80. The van der Waals surface area contributed by atoms with Crippen molar-refractivity contribution in [2.45, 2.75) is 33.4 Å². The lowest BCUT2D eigenvalue weighted by Gasteiger charge is -2.11. The summed E-state index contributed by atoms with van der Waals surface area (Å²) in [5.74, 6) is 0.693. The highest BCUT2D eigenvalue weighted by Gasteiger charge is 2.03. The van der Waals surface area contributed by atoms with E-state index in [0.29, 0.717) is 5.92 Å². The molecule has 0 fully saturated rings. The van der Waals surface area contributed by atoms with Crippen molar-refractivity contribution in [3.8, 4) is 0 Å². The van der Waals surface area contributed by atoms with Crippen molar-refractivity contribution < 1.29 is 0 Å². The predicted molar refractivity (Wildman–Crippen MR) is 77.9 cm³/mol. The molecule has 0 radical (unpaired) electrons. The van der Waals surface area contributed by atoms with Crippen LogP contribution in [0.5, 0.6) is 0 Å². The molecule has 0 aromatic carbocycles. The molecule has 2 aromatic heterocycles. The minimum atomic E-state index is 0.693. The Morgan fingerprint density at radius 1 is 1.37 bits per heavy atom. The van der Waals surface area contributed by atoms with Gasteiger partial charge in [0, 0.05) is 38.2 Å². The molecule has 2 rings (SSSR count). The van der Waals surface area contributed by atoms with E-state index in [1.165, 1.54) is 11.3 Å². The van der Waals surface area contributed by atoms with E-state index in [4.69, 9.17) is 0 Å². The van der Waals surface area contributed by atoms with Crippen LogP contribution in [0, 0.1) is 5.92 Å². The normalized spacial score (nSPS) is 11.4. The van der Waals surface area contributed by atoms with Crippen molar-refractivity contribution in [2.75, 3.05) is 6.54 Å². The lowest BCUT2D eigenvalue weighted by Crippen LogP contribution is -2.21. The summed E-state index contributed by atoms with van der Waals surface area (Å²) in [4.78, 5) is 0. The lowest BCUT2D eigenvalue weighted by molar-refractivity contribution is 0.534. The van der Waals surface area contributed by atoms with Crippen LogP contribution in [0.2, 0.25) is 0 Å². The van der Waals surface area contributed by atoms with E-state index < -0.39 is 0 Å². The number of rotatable bonds is 7. The van der Waals surface area contributed by atoms with Crippen LogP contribution in [0.1, 0.15) is 25.1 Å². The monoisotopic (exact) mass is 260 g/mol. The van der Waals surface area contributed by atoms with Gasteiger partial charge < -0.3 is 9.88 Å². The van der Waals surface area contributed by atoms with Gasteiger partial charge in [-0.05, 0) is 36.6 Å². The van der Waals surface area contributed by atoms with Crippen molar-refractivity contribution in [3.63, 3.8) is 0 Å². The van der Waals surface area contributed by atoms with E-state index in [0.717, 1.165) is 26.1 Å². The van der Waals surface area contributed by atoms with Gasteiger partial charge in [-0.2, -0.15) is 5.10 Å². The number of hydrogen-bond acceptors (Lipinski definition) is 2. The third-order valence-electron chi connectivity index (χ3n) is 3.18. The van der Waals surface area contributed by atoms with Gasteiger partial charge in [-0.1, -0.05) is 13.8 Å². The molecule has 19 heavy (non-hydrogen) atoms. The topological polar surface area (TPSA) is 34.8 Å². The molecular weight excluding hydrogens is 236 g/mol. The zero-order chi connectivity index (χ0) is 13.7. The van der Waals surface area contributed by atoms with Crippen LogP contribution < -0.4 is 5.32 Å². The zero-order valence-electron chi connectivity index (χ0n) is 12.1. The summed E-state index contributed by atoms with van der Waals surface area (Å²) in [5.41, 5.74) is 2.64. The summed E-state index contributed by atoms with van der Waals surface area (Å²) in [6.07, 6.45) is 7.21. The SMILES string of the molecule is CC(C)CNCc1cccn1CCc1cnn(C)c1. The first-order valence-corrected chi connectivity index (χ1v) is 6.97. The molecule has 4 heteroatoms. The Morgan fingerprint density at radius 3 is 2.89 bits per heavy atom. The molecule has 0 amide bonds. The Balaban J connectivity index is 1.85. The van der Waals surface area contributed by atoms with E-state index >= 15 is 0 Å². The largest absolute Gasteiger partial charge is 0.350 e. The van der Waals surface area contributed by atoms with Crippen LogP contribution in [-0.4, -0.2) is 20.9 Å². The number of nitrogens with zero attached hydrogens (tertiary/aromatic N) is 3. The molecule has 4 nitrogen and oxygen atoms in total. The second-order valence-corrected chi connectivity index (χ2v) is 5.49. The second kappa shape index (κ2) is 6.57. The fourth-order valence-electron chi connectivity index (χ4n) is 2.17. The highest BCUT2D eigenvalue weighted by molar-refractivity contribution is 5.09. The first-order chi connectivity index (χ1) is 9.15. The molecule has 104 valence electrons. The molecule has 0 bridgehead atoms. The first kappa shape index (κ1) is 13.9. The fourth-order valence-corrected chi connectivity index (χ4v) is 2.17. The molecule has 0 aliphatic rings. The Morgan fingerprint density at radius 2 is 2.21 bits per heavy atom. The molecule has 2 heterocycles. The molecule has 0 spiro atoms. The van der Waals surface area contributed by atoms with Gasteiger partial charge in [-0.25, -0.2) is 0 Å². The number of hydrogen-bond donors (Lipinski definition) is 1. The van der Waals surface area contributed by atoms with Gasteiger partial charge in [0.25, 0.3) is 0 Å². The second-order valence-electron chi connectivity index (χ2n) is 5.49. The van der Waals surface area contributed by atoms with Crippen LogP contribution in [0.3, 0.4) is 0 Å². The average molecular weight is 260 g/mol. The van der Waals surface area contributed by atoms with E-state index in [1.54, 1.807) is 0 Å². The Hall–Kier alpha value is -1.55. The molecule has 1 N–H and O–H groups in total. The number of aryl methyl sites for hydroxylation is 3. The summed E-state index contributed by atoms with van der Waals surface area (Å²) in [6, 6.07) is 4.31. The first-order valence-electron chi connectivity index (χ1n) is 6.97. The van der Waals surface area contributed by atoms with Gasteiger partial charge in [0.05, 0.1) is 6.20 Å². The van der Waals surface area contributed by atoms with E-state index in [2.05, 4.69) is 53.4 Å². The summed E-state index contributed by atoms with van der Waals surface area (Å²) < 4.78 is 4.18. The minimum absolute atomic E-state index is 0.693. The van der Waals surface area contributed by atoms with Gasteiger partial charge in [0.1, 0.15) is 0 Å². The fraction of sp³-hybridized carbons (Fsp3) is 0.533. The van der Waals surface area contributed by atoms with Crippen molar-refractivity contribution >= 4 is 0 Å². The summed E-state index contributed by atoms with van der Waals surface area (Å²) in [5, 5.41) is 7.70. The molecule has 0 unspecified atom stereocenters. The van der Waals surface area contributed by atoms with Gasteiger partial charge in [-0.3, -0.25) is 4.68 Å². The van der Waals surface area contributed by atoms with Crippen LogP contribution in [0.15, 0.2) is 30.7 Å². The van der Waals surface area contributed by atoms with Crippen molar-refractivity contribution in [3.05, 3.63) is 42.0 Å². The van der Waals surface area contributed by atoms with Gasteiger partial charge in [0.2, 0.25) is 0 Å². The third kappa shape index (κ3) is 4.24.